The van der Waals surface area contributed by atoms with Crippen LogP contribution in [-0.2, 0) is 11.2 Å². The summed E-state index contributed by atoms with van der Waals surface area (Å²) in [6.45, 7) is 9.97. The van der Waals surface area contributed by atoms with Gasteiger partial charge in [0.15, 0.2) is 0 Å². The zero-order valence-electron chi connectivity index (χ0n) is 19.0. The van der Waals surface area contributed by atoms with E-state index >= 15 is 0 Å². The molecule has 0 spiro atoms. The fourth-order valence-corrected chi connectivity index (χ4v) is 3.39. The monoisotopic (exact) mass is 422 g/mol. The number of nitrogens with one attached hydrogen (secondary N) is 1. The van der Waals surface area contributed by atoms with Crippen LogP contribution in [-0.4, -0.2) is 40.8 Å². The molecule has 0 saturated heterocycles. The van der Waals surface area contributed by atoms with E-state index in [0.717, 1.165) is 31.2 Å². The highest BCUT2D eigenvalue weighted by atomic mass is 16.6. The van der Waals surface area contributed by atoms with Crippen molar-refractivity contribution in [1.82, 2.24) is 5.32 Å². The number of amides is 2. The third kappa shape index (κ3) is 9.96. The lowest BCUT2D eigenvalue weighted by Gasteiger charge is -2.25. The summed E-state index contributed by atoms with van der Waals surface area (Å²) < 4.78 is 5.13. The lowest BCUT2D eigenvalue weighted by molar-refractivity contribution is 0.0345. The Morgan fingerprint density at radius 1 is 1.13 bits per heavy atom. The molecule has 7 heteroatoms. The van der Waals surface area contributed by atoms with E-state index in [4.69, 9.17) is 4.74 Å². The summed E-state index contributed by atoms with van der Waals surface area (Å²) in [7, 11) is 0. The Balaban J connectivity index is 2.75. The van der Waals surface area contributed by atoms with Crippen LogP contribution in [0.1, 0.15) is 72.3 Å². The van der Waals surface area contributed by atoms with Gasteiger partial charge in [0.2, 0.25) is 0 Å². The first-order valence-corrected chi connectivity index (χ1v) is 10.8. The fourth-order valence-electron chi connectivity index (χ4n) is 3.39. The second kappa shape index (κ2) is 12.4. The van der Waals surface area contributed by atoms with Crippen molar-refractivity contribution in [2.75, 3.05) is 11.4 Å². The Labute approximate surface area is 180 Å². The van der Waals surface area contributed by atoms with Gasteiger partial charge in [-0.3, -0.25) is 10.2 Å². The van der Waals surface area contributed by atoms with Crippen LogP contribution in [0.4, 0.5) is 15.3 Å². The number of alkyl carbamates (subject to hydrolysis) is 1. The Morgan fingerprint density at radius 2 is 1.77 bits per heavy atom. The van der Waals surface area contributed by atoms with Crippen molar-refractivity contribution in [1.29, 1.82) is 0 Å². The molecule has 0 bridgehead atoms. The van der Waals surface area contributed by atoms with Crippen molar-refractivity contribution in [3.05, 3.63) is 29.8 Å². The summed E-state index contributed by atoms with van der Waals surface area (Å²) in [6.07, 6.45) is 2.17. The largest absolute Gasteiger partial charge is 0.465 e. The first-order chi connectivity index (χ1) is 14.1. The van der Waals surface area contributed by atoms with Crippen molar-refractivity contribution in [2.24, 2.45) is 5.92 Å². The van der Waals surface area contributed by atoms with Gasteiger partial charge in [0, 0.05) is 12.2 Å². The number of ether oxygens (including phenoxy) is 1. The third-order valence-electron chi connectivity index (χ3n) is 4.68. The Kier molecular flexibility index (Phi) is 10.7. The van der Waals surface area contributed by atoms with Crippen LogP contribution >= 0.6 is 0 Å². The van der Waals surface area contributed by atoms with E-state index in [1.54, 1.807) is 26.8 Å². The number of hydrogen-bond acceptors (Lipinski definition) is 4. The summed E-state index contributed by atoms with van der Waals surface area (Å²) in [4.78, 5) is 25.0. The van der Waals surface area contributed by atoms with Crippen LogP contribution in [0.2, 0.25) is 0 Å². The van der Waals surface area contributed by atoms with Gasteiger partial charge in [0.1, 0.15) is 11.8 Å². The first kappa shape index (κ1) is 25.8. The maximum Gasteiger partial charge on any atom is 0.411 e. The number of carboxylic acid groups (broad SMARTS) is 1. The fraction of sp³-hybridized carbons (Fsp3) is 0.652. The van der Waals surface area contributed by atoms with Gasteiger partial charge in [-0.25, -0.2) is 9.59 Å². The number of hydrogen-bond donors (Lipinski definition) is 3. The minimum Gasteiger partial charge on any atom is -0.465 e. The zero-order chi connectivity index (χ0) is 22.7. The molecule has 0 aliphatic heterocycles. The maximum absolute atomic E-state index is 11.9. The molecule has 30 heavy (non-hydrogen) atoms. The molecule has 1 atom stereocenters. The van der Waals surface area contributed by atoms with E-state index in [0.29, 0.717) is 31.0 Å². The second-order valence-corrected chi connectivity index (χ2v) is 8.71. The van der Waals surface area contributed by atoms with Crippen molar-refractivity contribution < 1.29 is 24.5 Å². The van der Waals surface area contributed by atoms with Gasteiger partial charge in [-0.15, -0.1) is 0 Å². The Morgan fingerprint density at radius 3 is 2.30 bits per heavy atom. The molecular formula is C23H38N2O5. The van der Waals surface area contributed by atoms with E-state index < -0.39 is 24.0 Å². The molecule has 2 amide bonds. The van der Waals surface area contributed by atoms with Crippen molar-refractivity contribution in [3.8, 4) is 0 Å². The maximum atomic E-state index is 11.9. The summed E-state index contributed by atoms with van der Waals surface area (Å²) >= 11 is 0. The first-order valence-electron chi connectivity index (χ1n) is 10.8. The van der Waals surface area contributed by atoms with Crippen molar-refractivity contribution in [3.63, 3.8) is 0 Å². The number of carbonyl (C=O) groups is 2. The van der Waals surface area contributed by atoms with Crippen molar-refractivity contribution >= 4 is 17.9 Å². The van der Waals surface area contributed by atoms with Crippen LogP contribution in [0, 0.1) is 5.92 Å². The van der Waals surface area contributed by atoms with Crippen LogP contribution in [0.25, 0.3) is 0 Å². The molecule has 0 fully saturated rings. The van der Waals surface area contributed by atoms with Crippen LogP contribution in [0.15, 0.2) is 24.3 Å². The zero-order valence-corrected chi connectivity index (χ0v) is 19.0. The van der Waals surface area contributed by atoms with E-state index in [1.807, 2.05) is 18.2 Å². The number of anilines is 1. The molecule has 3 N–H and O–H groups in total. The van der Waals surface area contributed by atoms with E-state index in [9.17, 15) is 19.8 Å². The van der Waals surface area contributed by atoms with Gasteiger partial charge in [0.25, 0.3) is 0 Å². The second-order valence-electron chi connectivity index (χ2n) is 8.71. The Hall–Kier alpha value is -2.28. The summed E-state index contributed by atoms with van der Waals surface area (Å²) in [6, 6.07) is 7.34. The number of benzene rings is 1. The molecular weight excluding hydrogens is 384 g/mol. The molecule has 0 aliphatic rings. The van der Waals surface area contributed by atoms with Crippen LogP contribution in [0.3, 0.4) is 0 Å². The highest BCUT2D eigenvalue weighted by Gasteiger charge is 2.20. The number of carbonyl (C=O) groups excluding carboxylic acids is 1. The molecule has 1 unspecified atom stereocenters. The van der Waals surface area contributed by atoms with Crippen molar-refractivity contribution in [2.45, 2.75) is 85.0 Å². The van der Waals surface area contributed by atoms with Crippen LogP contribution < -0.4 is 10.2 Å². The van der Waals surface area contributed by atoms with Gasteiger partial charge in [-0.05, 0) is 70.1 Å². The quantitative estimate of drug-likeness (QED) is 0.428. The molecule has 7 nitrogen and oxygen atoms in total. The third-order valence-corrected chi connectivity index (χ3v) is 4.68. The summed E-state index contributed by atoms with van der Waals surface area (Å²) in [5, 5.41) is 22.2. The predicted molar refractivity (Wildman–Crippen MR) is 119 cm³/mol. The summed E-state index contributed by atoms with van der Waals surface area (Å²) in [5.74, 6) is 0.333. The molecule has 0 aliphatic carbocycles. The lowest BCUT2D eigenvalue weighted by atomic mass is 9.97. The number of aryl methyl sites for hydroxylation is 1. The van der Waals surface area contributed by atoms with Crippen LogP contribution in [0.5, 0.6) is 0 Å². The number of aliphatic hydroxyl groups is 1. The van der Waals surface area contributed by atoms with Gasteiger partial charge in [0.05, 0.1) is 0 Å². The van der Waals surface area contributed by atoms with Gasteiger partial charge >= 0.3 is 12.2 Å². The SMILES string of the molecule is CCCC(CCC)CN(C(=O)O)c1cccc(CCC(O)NC(=O)OC(C)(C)C)c1. The average molecular weight is 423 g/mol. The molecule has 1 aromatic rings. The van der Waals surface area contributed by atoms with Gasteiger partial charge < -0.3 is 14.9 Å². The van der Waals surface area contributed by atoms with E-state index in [-0.39, 0.29) is 0 Å². The van der Waals surface area contributed by atoms with Gasteiger partial charge in [-0.1, -0.05) is 38.8 Å². The smallest absolute Gasteiger partial charge is 0.411 e. The molecule has 1 aromatic carbocycles. The molecule has 1 rings (SSSR count). The topological polar surface area (TPSA) is 99.1 Å². The highest BCUT2D eigenvalue weighted by molar-refractivity contribution is 5.86. The molecule has 0 saturated carbocycles. The van der Waals surface area contributed by atoms with E-state index in [1.165, 1.54) is 4.90 Å². The lowest BCUT2D eigenvalue weighted by Crippen LogP contribution is -2.39. The minimum atomic E-state index is -1.04. The Bertz CT molecular complexity index is 666. The number of nitrogens with zero attached hydrogens (tertiary/aromatic N) is 1. The molecule has 0 heterocycles. The summed E-state index contributed by atoms with van der Waals surface area (Å²) in [5.41, 5.74) is 0.893. The standard InChI is InChI=1S/C23H38N2O5/c1-6-9-18(10-7-2)16-25(22(28)29)19-12-8-11-17(15-19)13-14-20(26)24-21(27)30-23(3,4)5/h8,11-12,15,18,20,26H,6-7,9-10,13-14,16H2,1-5H3,(H,24,27)(H,28,29). The molecule has 170 valence electrons. The minimum absolute atomic E-state index is 0.296. The molecule has 0 aromatic heterocycles. The number of aliphatic hydroxyl groups excluding tert-OH is 1. The number of rotatable bonds is 11. The average Bonchev–Trinajstić information content (AvgIpc) is 2.63. The van der Waals surface area contributed by atoms with Gasteiger partial charge in [-0.2, -0.15) is 0 Å². The predicted octanol–water partition coefficient (Wildman–Crippen LogP) is 5.16. The van der Waals surface area contributed by atoms with E-state index in [2.05, 4.69) is 19.2 Å². The highest BCUT2D eigenvalue weighted by Crippen LogP contribution is 2.23. The normalized spacial score (nSPS) is 12.5. The molecule has 0 radical (unpaired) electrons.